The molecule has 20 heavy (non-hydrogen) atoms. The molecule has 0 aliphatic heterocycles. The van der Waals surface area contributed by atoms with Gasteiger partial charge in [0.15, 0.2) is 0 Å². The maximum absolute atomic E-state index is 13.2. The molecule has 0 aliphatic carbocycles. The molecule has 5 heteroatoms. The number of aromatic nitrogens is 1. The molecule has 0 aliphatic rings. The van der Waals surface area contributed by atoms with Crippen LogP contribution in [-0.4, -0.2) is 11.5 Å². The van der Waals surface area contributed by atoms with Gasteiger partial charge < -0.3 is 5.73 Å². The lowest BCUT2D eigenvalue weighted by Crippen LogP contribution is -1.95. The molecule has 0 saturated heterocycles. The first-order chi connectivity index (χ1) is 9.69. The van der Waals surface area contributed by atoms with Crippen molar-refractivity contribution in [2.24, 2.45) is 5.73 Å². The van der Waals surface area contributed by atoms with E-state index in [0.29, 0.717) is 16.3 Å². The molecule has 0 saturated carbocycles. The molecule has 0 atom stereocenters. The van der Waals surface area contributed by atoms with Crippen LogP contribution in [0.25, 0.3) is 0 Å². The number of nitrogens with zero attached hydrogens (tertiary/aromatic N) is 1. The first kappa shape index (κ1) is 14.9. The lowest BCUT2D eigenvalue weighted by molar-refractivity contribution is 0.627. The first-order valence-corrected chi connectivity index (χ1v) is 7.27. The van der Waals surface area contributed by atoms with Crippen LogP contribution in [0.3, 0.4) is 0 Å². The minimum atomic E-state index is -0.301. The number of rotatable bonds is 3. The molecule has 0 fully saturated rings. The molecule has 1 heterocycles. The number of nitrogens with two attached hydrogens (primary N) is 1. The van der Waals surface area contributed by atoms with Crippen molar-refractivity contribution in [3.63, 3.8) is 0 Å². The molecule has 2 nitrogen and oxygen atoms in total. The van der Waals surface area contributed by atoms with E-state index in [-0.39, 0.29) is 12.4 Å². The van der Waals surface area contributed by atoms with Crippen molar-refractivity contribution in [1.29, 1.82) is 0 Å². The first-order valence-electron chi connectivity index (χ1n) is 5.91. The summed E-state index contributed by atoms with van der Waals surface area (Å²) in [6.45, 7) is 0.252. The second-order valence-electron chi connectivity index (χ2n) is 3.91. The number of thioether (sulfide) groups is 1. The van der Waals surface area contributed by atoms with Gasteiger partial charge in [0.2, 0.25) is 0 Å². The van der Waals surface area contributed by atoms with Crippen molar-refractivity contribution < 1.29 is 4.39 Å². The SMILES string of the molecule is NCC#Cc1cc(F)ccc1CSc1ccc(Cl)cn1. The van der Waals surface area contributed by atoms with E-state index in [1.807, 2.05) is 6.07 Å². The van der Waals surface area contributed by atoms with Crippen molar-refractivity contribution in [2.45, 2.75) is 10.8 Å². The number of benzene rings is 1. The molecule has 2 N–H and O–H groups in total. The van der Waals surface area contributed by atoms with Gasteiger partial charge in [-0.25, -0.2) is 9.37 Å². The summed E-state index contributed by atoms with van der Waals surface area (Å²) in [6, 6.07) is 8.23. The van der Waals surface area contributed by atoms with E-state index in [1.165, 1.54) is 12.1 Å². The van der Waals surface area contributed by atoms with Gasteiger partial charge in [0.25, 0.3) is 0 Å². The van der Waals surface area contributed by atoms with Crippen LogP contribution in [0.15, 0.2) is 41.6 Å². The zero-order valence-electron chi connectivity index (χ0n) is 10.6. The molecule has 2 aromatic rings. The summed E-state index contributed by atoms with van der Waals surface area (Å²) >= 11 is 7.33. The topological polar surface area (TPSA) is 38.9 Å². The van der Waals surface area contributed by atoms with Gasteiger partial charge in [-0.1, -0.05) is 29.5 Å². The van der Waals surface area contributed by atoms with Crippen molar-refractivity contribution in [3.8, 4) is 11.8 Å². The number of halogens is 2. The second kappa shape index (κ2) is 7.30. The Bertz CT molecular complexity index is 647. The van der Waals surface area contributed by atoms with Gasteiger partial charge in [-0.05, 0) is 29.8 Å². The third-order valence-corrected chi connectivity index (χ3v) is 3.69. The van der Waals surface area contributed by atoms with Crippen LogP contribution in [0.1, 0.15) is 11.1 Å². The number of pyridine rings is 1. The molecule has 0 amide bonds. The summed E-state index contributed by atoms with van der Waals surface area (Å²) in [4.78, 5) is 4.20. The fraction of sp³-hybridized carbons (Fsp3) is 0.133. The van der Waals surface area contributed by atoms with Crippen molar-refractivity contribution >= 4 is 23.4 Å². The highest BCUT2D eigenvalue weighted by Gasteiger charge is 2.04. The summed E-state index contributed by atoms with van der Waals surface area (Å²) in [6.07, 6.45) is 1.60. The summed E-state index contributed by atoms with van der Waals surface area (Å²) in [5.74, 6) is 5.99. The normalized spacial score (nSPS) is 9.95. The van der Waals surface area contributed by atoms with Crippen LogP contribution in [0.4, 0.5) is 4.39 Å². The molecule has 0 bridgehead atoms. The van der Waals surface area contributed by atoms with Gasteiger partial charge in [-0.15, -0.1) is 11.8 Å². The Labute approximate surface area is 126 Å². The van der Waals surface area contributed by atoms with E-state index in [0.717, 1.165) is 10.6 Å². The zero-order valence-corrected chi connectivity index (χ0v) is 12.1. The van der Waals surface area contributed by atoms with E-state index >= 15 is 0 Å². The average molecular weight is 307 g/mol. The lowest BCUT2D eigenvalue weighted by Gasteiger charge is -2.05. The standard InChI is InChI=1S/C15H12ClFN2S/c16-13-4-6-15(19-9-13)20-10-12-3-5-14(17)8-11(12)2-1-7-18/h3-6,8-9H,7,10,18H2. The van der Waals surface area contributed by atoms with Gasteiger partial charge in [0, 0.05) is 17.5 Å². The third-order valence-electron chi connectivity index (χ3n) is 2.47. The molecule has 1 aromatic carbocycles. The minimum absolute atomic E-state index is 0.252. The Hall–Kier alpha value is -1.54. The number of hydrogen-bond donors (Lipinski definition) is 1. The highest BCUT2D eigenvalue weighted by molar-refractivity contribution is 7.98. The lowest BCUT2D eigenvalue weighted by atomic mass is 10.1. The average Bonchev–Trinajstić information content (AvgIpc) is 2.46. The van der Waals surface area contributed by atoms with E-state index < -0.39 is 0 Å². The maximum atomic E-state index is 13.2. The summed E-state index contributed by atoms with van der Waals surface area (Å²) in [7, 11) is 0. The van der Waals surface area contributed by atoms with Gasteiger partial charge >= 0.3 is 0 Å². The van der Waals surface area contributed by atoms with E-state index in [9.17, 15) is 4.39 Å². The van der Waals surface area contributed by atoms with Crippen molar-refractivity contribution in [2.75, 3.05) is 6.54 Å². The smallest absolute Gasteiger partial charge is 0.124 e. The Morgan fingerprint density at radius 3 is 2.85 bits per heavy atom. The highest BCUT2D eigenvalue weighted by Crippen LogP contribution is 2.24. The van der Waals surface area contributed by atoms with Gasteiger partial charge in [-0.3, -0.25) is 0 Å². The van der Waals surface area contributed by atoms with Crippen LogP contribution in [0.5, 0.6) is 0 Å². The molecular formula is C15H12ClFN2S. The maximum Gasteiger partial charge on any atom is 0.124 e. The third kappa shape index (κ3) is 4.24. The minimum Gasteiger partial charge on any atom is -0.320 e. The molecule has 0 radical (unpaired) electrons. The molecule has 1 aromatic heterocycles. The molecule has 2 rings (SSSR count). The van der Waals surface area contributed by atoms with Crippen LogP contribution in [-0.2, 0) is 5.75 Å². The molecular weight excluding hydrogens is 295 g/mol. The predicted molar refractivity (Wildman–Crippen MR) is 81.1 cm³/mol. The number of hydrogen-bond acceptors (Lipinski definition) is 3. The van der Waals surface area contributed by atoms with Crippen molar-refractivity contribution in [1.82, 2.24) is 4.98 Å². The molecule has 0 spiro atoms. The Morgan fingerprint density at radius 1 is 1.30 bits per heavy atom. The largest absolute Gasteiger partial charge is 0.320 e. The van der Waals surface area contributed by atoms with Gasteiger partial charge in [-0.2, -0.15) is 0 Å². The Balaban J connectivity index is 2.14. The quantitative estimate of drug-likeness (QED) is 0.697. The Morgan fingerprint density at radius 2 is 2.15 bits per heavy atom. The summed E-state index contributed by atoms with van der Waals surface area (Å²) < 4.78 is 13.2. The summed E-state index contributed by atoms with van der Waals surface area (Å²) in [5, 5.41) is 1.46. The second-order valence-corrected chi connectivity index (χ2v) is 5.34. The van der Waals surface area contributed by atoms with Crippen LogP contribution in [0, 0.1) is 17.7 Å². The van der Waals surface area contributed by atoms with Crippen LogP contribution >= 0.6 is 23.4 Å². The fourth-order valence-electron chi connectivity index (χ4n) is 1.54. The summed E-state index contributed by atoms with van der Waals surface area (Å²) in [5.41, 5.74) is 6.97. The highest BCUT2D eigenvalue weighted by atomic mass is 35.5. The van der Waals surface area contributed by atoms with Crippen molar-refractivity contribution in [3.05, 3.63) is 58.5 Å². The van der Waals surface area contributed by atoms with Gasteiger partial charge in [0.1, 0.15) is 5.82 Å². The predicted octanol–water partition coefficient (Wildman–Crippen LogP) is 3.48. The Kier molecular flexibility index (Phi) is 5.42. The van der Waals surface area contributed by atoms with Crippen LogP contribution in [0.2, 0.25) is 5.02 Å². The van der Waals surface area contributed by atoms with Crippen LogP contribution < -0.4 is 5.73 Å². The van der Waals surface area contributed by atoms with E-state index in [1.54, 1.807) is 30.1 Å². The fourth-order valence-corrected chi connectivity index (χ4v) is 2.49. The molecule has 102 valence electrons. The monoisotopic (exact) mass is 306 g/mol. The van der Waals surface area contributed by atoms with Gasteiger partial charge in [0.05, 0.1) is 16.6 Å². The van der Waals surface area contributed by atoms with E-state index in [4.69, 9.17) is 17.3 Å². The zero-order chi connectivity index (χ0) is 14.4. The van der Waals surface area contributed by atoms with E-state index in [2.05, 4.69) is 16.8 Å². The molecule has 0 unspecified atom stereocenters.